The van der Waals surface area contributed by atoms with Crippen molar-refractivity contribution >= 4 is 45.6 Å². The van der Waals surface area contributed by atoms with Gasteiger partial charge in [-0.1, -0.05) is 25.3 Å². The number of rotatable bonds is 6. The Morgan fingerprint density at radius 1 is 1.09 bits per heavy atom. The van der Waals surface area contributed by atoms with Gasteiger partial charge in [0, 0.05) is 30.7 Å². The highest BCUT2D eigenvalue weighted by atomic mass is 32.1. The summed E-state index contributed by atoms with van der Waals surface area (Å²) in [6, 6.07) is 3.79. The fourth-order valence-corrected chi connectivity index (χ4v) is 5.90. The molecule has 7 nitrogen and oxygen atoms in total. The maximum absolute atomic E-state index is 13.3. The van der Waals surface area contributed by atoms with Gasteiger partial charge in [0.2, 0.25) is 0 Å². The SMILES string of the molecule is C[C@@H](OC(=O)C1CCN(C(=O)c2cccs2)CC1)C(=O)N(c1nccs1)C1CCCCC1. The number of hydrogen-bond donors (Lipinski definition) is 0. The lowest BCUT2D eigenvalue weighted by molar-refractivity contribution is -0.159. The van der Waals surface area contributed by atoms with Crippen LogP contribution >= 0.6 is 22.7 Å². The summed E-state index contributed by atoms with van der Waals surface area (Å²) in [6.45, 7) is 2.69. The molecule has 1 atom stereocenters. The van der Waals surface area contributed by atoms with Crippen molar-refractivity contribution in [2.24, 2.45) is 5.92 Å². The van der Waals surface area contributed by atoms with Crippen LogP contribution in [0.2, 0.25) is 0 Å². The van der Waals surface area contributed by atoms with Crippen LogP contribution in [0.15, 0.2) is 29.1 Å². The third-order valence-corrected chi connectivity index (χ3v) is 7.92. The minimum Gasteiger partial charge on any atom is -0.452 e. The van der Waals surface area contributed by atoms with Crippen molar-refractivity contribution in [3.8, 4) is 0 Å². The van der Waals surface area contributed by atoms with Crippen LogP contribution in [0.4, 0.5) is 5.13 Å². The Morgan fingerprint density at radius 3 is 2.47 bits per heavy atom. The van der Waals surface area contributed by atoms with E-state index in [1.165, 1.54) is 29.1 Å². The molecule has 0 spiro atoms. The molecule has 2 aromatic heterocycles. The Kier molecular flexibility index (Phi) is 7.57. The van der Waals surface area contributed by atoms with Crippen LogP contribution in [0.3, 0.4) is 0 Å². The van der Waals surface area contributed by atoms with Gasteiger partial charge in [-0.15, -0.1) is 22.7 Å². The number of amides is 2. The lowest BCUT2D eigenvalue weighted by Crippen LogP contribution is -2.48. The first-order valence-electron chi connectivity index (χ1n) is 11.3. The number of carbonyl (C=O) groups is 3. The molecule has 2 aliphatic rings. The van der Waals surface area contributed by atoms with Gasteiger partial charge in [0.1, 0.15) is 0 Å². The Hall–Kier alpha value is -2.26. The quantitative estimate of drug-likeness (QED) is 0.580. The first-order valence-corrected chi connectivity index (χ1v) is 13.1. The van der Waals surface area contributed by atoms with Crippen molar-refractivity contribution < 1.29 is 19.1 Å². The number of carbonyl (C=O) groups excluding carboxylic acids is 3. The summed E-state index contributed by atoms with van der Waals surface area (Å²) in [5, 5.41) is 4.42. The number of piperidine rings is 1. The third kappa shape index (κ3) is 5.20. The number of anilines is 1. The highest BCUT2D eigenvalue weighted by Crippen LogP contribution is 2.30. The number of nitrogens with zero attached hydrogens (tertiary/aromatic N) is 3. The van der Waals surface area contributed by atoms with Crippen molar-refractivity contribution in [1.29, 1.82) is 0 Å². The summed E-state index contributed by atoms with van der Waals surface area (Å²) in [7, 11) is 0. The molecule has 0 bridgehead atoms. The summed E-state index contributed by atoms with van der Waals surface area (Å²) in [5.74, 6) is -0.829. The molecule has 32 heavy (non-hydrogen) atoms. The van der Waals surface area contributed by atoms with Crippen LogP contribution in [0.25, 0.3) is 0 Å². The Balaban J connectivity index is 1.33. The van der Waals surface area contributed by atoms with Crippen molar-refractivity contribution in [2.45, 2.75) is 64.0 Å². The van der Waals surface area contributed by atoms with E-state index < -0.39 is 6.10 Å². The normalized spacial score (nSPS) is 18.8. The van der Waals surface area contributed by atoms with E-state index in [4.69, 9.17) is 4.74 Å². The van der Waals surface area contributed by atoms with Crippen LogP contribution in [0.5, 0.6) is 0 Å². The number of likely N-dealkylation sites (tertiary alicyclic amines) is 1. The molecular formula is C23H29N3O4S2. The topological polar surface area (TPSA) is 79.8 Å². The van der Waals surface area contributed by atoms with E-state index in [1.54, 1.807) is 22.9 Å². The van der Waals surface area contributed by atoms with E-state index in [-0.39, 0.29) is 29.7 Å². The molecule has 172 valence electrons. The molecule has 4 rings (SSSR count). The summed E-state index contributed by atoms with van der Waals surface area (Å²) >= 11 is 2.86. The predicted molar refractivity (Wildman–Crippen MR) is 125 cm³/mol. The average Bonchev–Trinajstić information content (AvgIpc) is 3.54. The predicted octanol–water partition coefficient (Wildman–Crippen LogP) is 4.35. The first-order chi connectivity index (χ1) is 15.5. The smallest absolute Gasteiger partial charge is 0.309 e. The molecule has 2 amide bonds. The molecular weight excluding hydrogens is 446 g/mol. The van der Waals surface area contributed by atoms with Gasteiger partial charge in [0.25, 0.3) is 11.8 Å². The molecule has 0 N–H and O–H groups in total. The van der Waals surface area contributed by atoms with Crippen LogP contribution in [-0.4, -0.2) is 52.9 Å². The van der Waals surface area contributed by atoms with Crippen molar-refractivity contribution in [2.75, 3.05) is 18.0 Å². The Morgan fingerprint density at radius 2 is 1.84 bits per heavy atom. The second-order valence-electron chi connectivity index (χ2n) is 8.44. The molecule has 1 aliphatic carbocycles. The summed E-state index contributed by atoms with van der Waals surface area (Å²) in [6.07, 6.45) is 7.21. The third-order valence-electron chi connectivity index (χ3n) is 6.29. The summed E-state index contributed by atoms with van der Waals surface area (Å²) < 4.78 is 5.63. The van der Waals surface area contributed by atoms with Crippen molar-refractivity contribution in [1.82, 2.24) is 9.88 Å². The van der Waals surface area contributed by atoms with Crippen LogP contribution in [0.1, 0.15) is 61.5 Å². The number of aromatic nitrogens is 1. The van der Waals surface area contributed by atoms with E-state index in [0.29, 0.717) is 31.1 Å². The largest absolute Gasteiger partial charge is 0.452 e. The monoisotopic (exact) mass is 475 g/mol. The Bertz CT molecular complexity index is 902. The van der Waals surface area contributed by atoms with E-state index in [9.17, 15) is 14.4 Å². The number of ether oxygens (including phenoxy) is 1. The van der Waals surface area contributed by atoms with Gasteiger partial charge in [-0.3, -0.25) is 19.3 Å². The summed E-state index contributed by atoms with van der Waals surface area (Å²) in [5.41, 5.74) is 0. The van der Waals surface area contributed by atoms with E-state index in [1.807, 2.05) is 22.9 Å². The number of hydrogen-bond acceptors (Lipinski definition) is 7. The van der Waals surface area contributed by atoms with Gasteiger partial charge < -0.3 is 9.64 Å². The molecule has 1 saturated heterocycles. The molecule has 0 aromatic carbocycles. The minimum atomic E-state index is -0.862. The number of esters is 1. The van der Waals surface area contributed by atoms with Crippen molar-refractivity contribution in [3.05, 3.63) is 34.0 Å². The molecule has 1 aliphatic heterocycles. The molecule has 1 saturated carbocycles. The van der Waals surface area contributed by atoms with Gasteiger partial charge in [-0.05, 0) is 44.1 Å². The fourth-order valence-electron chi connectivity index (χ4n) is 4.50. The first kappa shape index (κ1) is 22.9. The average molecular weight is 476 g/mol. The van der Waals surface area contributed by atoms with Gasteiger partial charge in [0.15, 0.2) is 11.2 Å². The number of thiazole rings is 1. The molecule has 3 heterocycles. The minimum absolute atomic E-state index is 0.0157. The van der Waals surface area contributed by atoms with Crippen molar-refractivity contribution in [3.63, 3.8) is 0 Å². The highest BCUT2D eigenvalue weighted by Gasteiger charge is 2.35. The van der Waals surface area contributed by atoms with E-state index in [0.717, 1.165) is 30.6 Å². The lowest BCUT2D eigenvalue weighted by atomic mass is 9.94. The van der Waals surface area contributed by atoms with Gasteiger partial charge in [-0.2, -0.15) is 0 Å². The van der Waals surface area contributed by atoms with E-state index >= 15 is 0 Å². The highest BCUT2D eigenvalue weighted by molar-refractivity contribution is 7.13. The standard InChI is InChI=1S/C23H29N3O4S2/c1-16(20(27)26(23-24-11-15-32-23)18-6-3-2-4-7-18)30-22(29)17-9-12-25(13-10-17)21(28)19-8-5-14-31-19/h5,8,11,14-18H,2-4,6-7,9-10,12-13H2,1H3/t16-/m1/s1. The zero-order chi connectivity index (χ0) is 22.5. The maximum atomic E-state index is 13.3. The van der Waals surface area contributed by atoms with Crippen LogP contribution in [-0.2, 0) is 14.3 Å². The maximum Gasteiger partial charge on any atom is 0.309 e. The molecule has 2 fully saturated rings. The zero-order valence-corrected chi connectivity index (χ0v) is 19.9. The Labute approximate surface area is 196 Å². The zero-order valence-electron chi connectivity index (χ0n) is 18.3. The van der Waals surface area contributed by atoms with E-state index in [2.05, 4.69) is 4.98 Å². The fraction of sp³-hybridized carbons (Fsp3) is 0.565. The van der Waals surface area contributed by atoms with Gasteiger partial charge >= 0.3 is 5.97 Å². The number of thiophene rings is 1. The lowest BCUT2D eigenvalue weighted by Gasteiger charge is -2.34. The molecule has 0 radical (unpaired) electrons. The second-order valence-corrected chi connectivity index (χ2v) is 10.3. The van der Waals surface area contributed by atoms with Gasteiger partial charge in [0.05, 0.1) is 10.8 Å². The summed E-state index contributed by atoms with van der Waals surface area (Å²) in [4.78, 5) is 47.2. The molecule has 0 unspecified atom stereocenters. The second kappa shape index (κ2) is 10.6. The molecule has 9 heteroatoms. The van der Waals surface area contributed by atoms with Crippen LogP contribution in [0, 0.1) is 5.92 Å². The van der Waals surface area contributed by atoms with Gasteiger partial charge in [-0.25, -0.2) is 4.98 Å². The van der Waals surface area contributed by atoms with Crippen LogP contribution < -0.4 is 4.90 Å². The molecule has 2 aromatic rings.